The van der Waals surface area contributed by atoms with E-state index in [-0.39, 0.29) is 6.10 Å². The first-order chi connectivity index (χ1) is 8.29. The van der Waals surface area contributed by atoms with Crippen LogP contribution in [0, 0.1) is 11.8 Å². The number of likely N-dealkylation sites (tertiary alicyclic amines) is 1. The Morgan fingerprint density at radius 3 is 2.35 bits per heavy atom. The maximum atomic E-state index is 10.1. The summed E-state index contributed by atoms with van der Waals surface area (Å²) in [5, 5.41) is 19.2. The Labute approximate surface area is 105 Å². The molecule has 2 aliphatic rings. The number of piperidine rings is 1. The van der Waals surface area contributed by atoms with Gasteiger partial charge in [0.05, 0.1) is 6.10 Å². The number of hydrogen-bond acceptors (Lipinski definition) is 3. The molecule has 3 heteroatoms. The highest BCUT2D eigenvalue weighted by atomic mass is 16.3. The molecule has 1 aliphatic heterocycles. The smallest absolute Gasteiger partial charge is 0.0580 e. The molecule has 0 radical (unpaired) electrons. The van der Waals surface area contributed by atoms with Crippen LogP contribution in [-0.2, 0) is 0 Å². The summed E-state index contributed by atoms with van der Waals surface area (Å²) in [4.78, 5) is 2.49. The highest BCUT2D eigenvalue weighted by Crippen LogP contribution is 2.26. The Bertz CT molecular complexity index is 214. The van der Waals surface area contributed by atoms with Crippen LogP contribution in [-0.4, -0.2) is 47.5 Å². The van der Waals surface area contributed by atoms with E-state index in [9.17, 15) is 5.11 Å². The molecule has 2 fully saturated rings. The Morgan fingerprint density at radius 2 is 1.65 bits per heavy atom. The van der Waals surface area contributed by atoms with Crippen molar-refractivity contribution in [1.29, 1.82) is 0 Å². The topological polar surface area (TPSA) is 43.7 Å². The molecular formula is C14H27NO2. The molecule has 2 N–H and O–H groups in total. The van der Waals surface area contributed by atoms with Crippen LogP contribution in [0.3, 0.4) is 0 Å². The van der Waals surface area contributed by atoms with Gasteiger partial charge in [-0.3, -0.25) is 0 Å². The highest BCUT2D eigenvalue weighted by molar-refractivity contribution is 4.79. The maximum Gasteiger partial charge on any atom is 0.0580 e. The van der Waals surface area contributed by atoms with Gasteiger partial charge < -0.3 is 15.1 Å². The van der Waals surface area contributed by atoms with Gasteiger partial charge in [0.2, 0.25) is 0 Å². The van der Waals surface area contributed by atoms with Crippen LogP contribution in [0.1, 0.15) is 44.9 Å². The lowest BCUT2D eigenvalue weighted by Crippen LogP contribution is -2.40. The van der Waals surface area contributed by atoms with Gasteiger partial charge in [0.1, 0.15) is 0 Å². The second kappa shape index (κ2) is 6.72. The molecular weight excluding hydrogens is 214 g/mol. The van der Waals surface area contributed by atoms with E-state index in [1.807, 2.05) is 0 Å². The Balaban J connectivity index is 1.76. The van der Waals surface area contributed by atoms with Crippen molar-refractivity contribution in [2.24, 2.45) is 11.8 Å². The average Bonchev–Trinajstić information content (AvgIpc) is 2.56. The molecule has 1 aliphatic carbocycles. The third-order valence-electron chi connectivity index (χ3n) is 4.58. The lowest BCUT2D eigenvalue weighted by molar-refractivity contribution is 0.0563. The number of hydrogen-bond donors (Lipinski definition) is 2. The van der Waals surface area contributed by atoms with E-state index in [4.69, 9.17) is 5.11 Å². The average molecular weight is 241 g/mol. The molecule has 0 spiro atoms. The second-order valence-corrected chi connectivity index (χ2v) is 5.89. The van der Waals surface area contributed by atoms with Crippen molar-refractivity contribution in [3.8, 4) is 0 Å². The van der Waals surface area contributed by atoms with Gasteiger partial charge in [0.15, 0.2) is 0 Å². The monoisotopic (exact) mass is 241 g/mol. The van der Waals surface area contributed by atoms with Crippen molar-refractivity contribution in [2.75, 3.05) is 26.2 Å². The number of nitrogens with zero attached hydrogens (tertiary/aromatic N) is 1. The van der Waals surface area contributed by atoms with Crippen LogP contribution >= 0.6 is 0 Å². The van der Waals surface area contributed by atoms with Crippen molar-refractivity contribution in [2.45, 2.75) is 51.0 Å². The fourth-order valence-electron chi connectivity index (χ4n) is 3.26. The summed E-state index contributed by atoms with van der Waals surface area (Å²) in [6.45, 7) is 3.63. The lowest BCUT2D eigenvalue weighted by atomic mass is 9.93. The molecule has 3 nitrogen and oxygen atoms in total. The summed E-state index contributed by atoms with van der Waals surface area (Å²) < 4.78 is 0. The van der Waals surface area contributed by atoms with Crippen molar-refractivity contribution >= 4 is 0 Å². The van der Waals surface area contributed by atoms with E-state index < -0.39 is 0 Å². The maximum absolute atomic E-state index is 10.1. The molecule has 0 bridgehead atoms. The van der Waals surface area contributed by atoms with Crippen LogP contribution in [0.5, 0.6) is 0 Å². The van der Waals surface area contributed by atoms with Crippen molar-refractivity contribution in [1.82, 2.24) is 4.90 Å². The second-order valence-electron chi connectivity index (χ2n) is 5.89. The fraction of sp³-hybridized carbons (Fsp3) is 1.00. The van der Waals surface area contributed by atoms with E-state index in [1.54, 1.807) is 0 Å². The fourth-order valence-corrected chi connectivity index (χ4v) is 3.26. The van der Waals surface area contributed by atoms with E-state index in [0.29, 0.717) is 18.4 Å². The van der Waals surface area contributed by atoms with Gasteiger partial charge in [0, 0.05) is 13.2 Å². The van der Waals surface area contributed by atoms with Gasteiger partial charge >= 0.3 is 0 Å². The first-order valence-electron chi connectivity index (χ1n) is 7.31. The summed E-state index contributed by atoms with van der Waals surface area (Å²) in [5.74, 6) is 1.01. The molecule has 0 aromatic carbocycles. The normalized spacial score (nSPS) is 33.5. The number of rotatable bonds is 3. The summed E-state index contributed by atoms with van der Waals surface area (Å²) in [6, 6.07) is 0. The first-order valence-corrected chi connectivity index (χ1v) is 7.31. The van der Waals surface area contributed by atoms with Gasteiger partial charge in [-0.1, -0.05) is 19.3 Å². The van der Waals surface area contributed by atoms with Crippen LogP contribution in [0.25, 0.3) is 0 Å². The van der Waals surface area contributed by atoms with Crippen LogP contribution < -0.4 is 0 Å². The minimum atomic E-state index is -0.0759. The Kier molecular flexibility index (Phi) is 5.26. The molecule has 1 saturated heterocycles. The summed E-state index contributed by atoms with van der Waals surface area (Å²) in [6.07, 6.45) is 8.14. The molecule has 0 amide bonds. The van der Waals surface area contributed by atoms with Gasteiger partial charge in [-0.2, -0.15) is 0 Å². The predicted octanol–water partition coefficient (Wildman–Crippen LogP) is 1.63. The third-order valence-corrected chi connectivity index (χ3v) is 4.58. The quantitative estimate of drug-likeness (QED) is 0.738. The standard InChI is InChI=1S/C14H27NO2/c16-11-12-6-8-15(9-7-12)10-13-4-2-1-3-5-14(13)17/h12-14,16-17H,1-11H2. The molecule has 2 unspecified atom stereocenters. The zero-order valence-corrected chi connectivity index (χ0v) is 10.9. The van der Waals surface area contributed by atoms with Gasteiger partial charge in [-0.15, -0.1) is 0 Å². The molecule has 100 valence electrons. The van der Waals surface area contributed by atoms with E-state index in [2.05, 4.69) is 4.90 Å². The molecule has 1 heterocycles. The van der Waals surface area contributed by atoms with Gasteiger partial charge in [-0.25, -0.2) is 0 Å². The summed E-state index contributed by atoms with van der Waals surface area (Å²) in [5.41, 5.74) is 0. The van der Waals surface area contributed by atoms with Crippen molar-refractivity contribution in [3.63, 3.8) is 0 Å². The SMILES string of the molecule is OCC1CCN(CC2CCCCCC2O)CC1. The summed E-state index contributed by atoms with van der Waals surface area (Å²) >= 11 is 0. The van der Waals surface area contributed by atoms with Gasteiger partial charge in [-0.05, 0) is 50.6 Å². The van der Waals surface area contributed by atoms with Crippen molar-refractivity contribution < 1.29 is 10.2 Å². The molecule has 2 rings (SSSR count). The first kappa shape index (κ1) is 13.3. The zero-order chi connectivity index (χ0) is 12.1. The largest absolute Gasteiger partial charge is 0.396 e. The van der Waals surface area contributed by atoms with E-state index >= 15 is 0 Å². The zero-order valence-electron chi connectivity index (χ0n) is 10.9. The minimum absolute atomic E-state index is 0.0759. The predicted molar refractivity (Wildman–Crippen MR) is 68.8 cm³/mol. The molecule has 0 aromatic heterocycles. The van der Waals surface area contributed by atoms with Gasteiger partial charge in [0.25, 0.3) is 0 Å². The van der Waals surface area contributed by atoms with E-state index in [0.717, 1.165) is 38.9 Å². The highest BCUT2D eigenvalue weighted by Gasteiger charge is 2.26. The lowest BCUT2D eigenvalue weighted by Gasteiger charge is -2.34. The Hall–Kier alpha value is -0.120. The van der Waals surface area contributed by atoms with Crippen LogP contribution in [0.2, 0.25) is 0 Å². The molecule has 2 atom stereocenters. The van der Waals surface area contributed by atoms with Crippen LogP contribution in [0.4, 0.5) is 0 Å². The minimum Gasteiger partial charge on any atom is -0.396 e. The number of aliphatic hydroxyl groups excluding tert-OH is 2. The molecule has 1 saturated carbocycles. The Morgan fingerprint density at radius 1 is 0.941 bits per heavy atom. The van der Waals surface area contributed by atoms with Crippen LogP contribution in [0.15, 0.2) is 0 Å². The third kappa shape index (κ3) is 3.94. The van der Waals surface area contributed by atoms with E-state index in [1.165, 1.54) is 25.7 Å². The molecule has 0 aromatic rings. The summed E-state index contributed by atoms with van der Waals surface area (Å²) in [7, 11) is 0. The molecule has 17 heavy (non-hydrogen) atoms. The van der Waals surface area contributed by atoms with Crippen molar-refractivity contribution in [3.05, 3.63) is 0 Å². The number of aliphatic hydroxyl groups is 2.